The molecule has 1 aliphatic heterocycles. The van der Waals surface area contributed by atoms with Crippen molar-refractivity contribution < 1.29 is 24.2 Å². The maximum absolute atomic E-state index is 13.0. The van der Waals surface area contributed by atoms with Crippen molar-refractivity contribution in [2.45, 2.75) is 38.6 Å². The minimum absolute atomic E-state index is 0. The Morgan fingerprint density at radius 3 is 2.50 bits per heavy atom. The minimum Gasteiger partial charge on any atom is -0.505 e. The number of rotatable bonds is 10. The second kappa shape index (κ2) is 14.5. The van der Waals surface area contributed by atoms with Gasteiger partial charge >= 0.3 is 5.97 Å². The Hall–Kier alpha value is -2.19. The molecule has 36 heavy (non-hydrogen) atoms. The zero-order valence-electron chi connectivity index (χ0n) is 20.5. The fourth-order valence-electron chi connectivity index (χ4n) is 4.10. The van der Waals surface area contributed by atoms with E-state index in [1.165, 1.54) is 6.07 Å². The number of carbonyl (C=O) groups excluding carboxylic acids is 2. The predicted octanol–water partition coefficient (Wildman–Crippen LogP) is 5.14. The Bertz CT molecular complexity index is 1010. The first-order valence-electron chi connectivity index (χ1n) is 11.8. The maximum atomic E-state index is 13.0. The van der Waals surface area contributed by atoms with Gasteiger partial charge in [0, 0.05) is 6.42 Å². The van der Waals surface area contributed by atoms with Crippen molar-refractivity contribution in [1.29, 1.82) is 0 Å². The van der Waals surface area contributed by atoms with Crippen molar-refractivity contribution in [2.75, 3.05) is 33.4 Å². The molecule has 198 valence electrons. The van der Waals surface area contributed by atoms with E-state index in [0.717, 1.165) is 37.9 Å². The molecule has 1 atom stereocenters. The Morgan fingerprint density at radius 2 is 1.86 bits per heavy atom. The highest BCUT2D eigenvalue weighted by molar-refractivity contribution is 6.39. The van der Waals surface area contributed by atoms with Crippen molar-refractivity contribution in [3.05, 3.63) is 57.6 Å². The summed E-state index contributed by atoms with van der Waals surface area (Å²) in [6.07, 6.45) is 3.29. The van der Waals surface area contributed by atoms with E-state index in [-0.39, 0.29) is 46.8 Å². The van der Waals surface area contributed by atoms with E-state index in [1.54, 1.807) is 6.92 Å². The van der Waals surface area contributed by atoms with Crippen LogP contribution in [0.1, 0.15) is 42.1 Å². The number of hydrogen-bond acceptors (Lipinski definition) is 6. The van der Waals surface area contributed by atoms with Gasteiger partial charge in [-0.15, -0.1) is 12.4 Å². The van der Waals surface area contributed by atoms with Crippen LogP contribution in [0.4, 0.5) is 0 Å². The number of phenols is 1. The van der Waals surface area contributed by atoms with E-state index in [1.807, 2.05) is 30.3 Å². The monoisotopic (exact) mass is 558 g/mol. The Labute approximate surface area is 228 Å². The molecule has 1 amide bonds. The average molecular weight is 560 g/mol. The SMILES string of the molecule is CCOC(=O)[C@@H](Cc1ccccc1)NC(=O)c1cc(Cl)c(OCCC2CCN(C)CC2)c(Cl)c1O.Cl. The normalized spacial score (nSPS) is 15.0. The topological polar surface area (TPSA) is 88.1 Å². The van der Waals surface area contributed by atoms with Crippen LogP contribution >= 0.6 is 35.6 Å². The number of nitrogens with one attached hydrogen (secondary N) is 1. The fourth-order valence-corrected chi connectivity index (χ4v) is 4.66. The molecule has 3 rings (SSSR count). The summed E-state index contributed by atoms with van der Waals surface area (Å²) in [7, 11) is 2.11. The third kappa shape index (κ3) is 8.17. The van der Waals surface area contributed by atoms with Crippen LogP contribution in [0.25, 0.3) is 0 Å². The molecular weight excluding hydrogens is 527 g/mol. The number of halogens is 3. The summed E-state index contributed by atoms with van der Waals surface area (Å²) in [5.41, 5.74) is 0.699. The number of carbonyl (C=O) groups is 2. The molecule has 0 aromatic heterocycles. The van der Waals surface area contributed by atoms with Gasteiger partial charge in [-0.25, -0.2) is 4.79 Å². The van der Waals surface area contributed by atoms with Crippen LogP contribution in [0.3, 0.4) is 0 Å². The molecule has 10 heteroatoms. The maximum Gasteiger partial charge on any atom is 0.328 e. The largest absolute Gasteiger partial charge is 0.505 e. The van der Waals surface area contributed by atoms with E-state index in [0.29, 0.717) is 12.5 Å². The molecule has 1 fully saturated rings. The number of amides is 1. The van der Waals surface area contributed by atoms with Gasteiger partial charge in [0.2, 0.25) is 0 Å². The number of aromatic hydroxyl groups is 1. The van der Waals surface area contributed by atoms with E-state index < -0.39 is 23.7 Å². The molecule has 0 saturated carbocycles. The molecule has 1 heterocycles. The summed E-state index contributed by atoms with van der Waals surface area (Å²) in [4.78, 5) is 27.8. The molecule has 0 radical (unpaired) electrons. The summed E-state index contributed by atoms with van der Waals surface area (Å²) in [5.74, 6) is -1.02. The van der Waals surface area contributed by atoms with Gasteiger partial charge in [-0.05, 0) is 63.9 Å². The number of benzene rings is 2. The van der Waals surface area contributed by atoms with Crippen molar-refractivity contribution >= 4 is 47.5 Å². The summed E-state index contributed by atoms with van der Waals surface area (Å²) < 4.78 is 10.9. The first kappa shape index (κ1) is 30.0. The number of nitrogens with zero attached hydrogens (tertiary/aromatic N) is 1. The molecular formula is C26H33Cl3N2O5. The second-order valence-electron chi connectivity index (χ2n) is 8.75. The summed E-state index contributed by atoms with van der Waals surface area (Å²) in [6, 6.07) is 9.59. The lowest BCUT2D eigenvalue weighted by Gasteiger charge is -2.28. The van der Waals surface area contributed by atoms with Crippen molar-refractivity contribution in [1.82, 2.24) is 10.2 Å². The van der Waals surface area contributed by atoms with Gasteiger partial charge in [0.1, 0.15) is 11.1 Å². The second-order valence-corrected chi connectivity index (χ2v) is 9.53. The third-order valence-electron chi connectivity index (χ3n) is 6.16. The summed E-state index contributed by atoms with van der Waals surface area (Å²) >= 11 is 12.7. The molecule has 1 aliphatic rings. The molecule has 0 unspecified atom stereocenters. The highest BCUT2D eigenvalue weighted by Gasteiger charge is 2.27. The Balaban J connectivity index is 0.00000456. The highest BCUT2D eigenvalue weighted by atomic mass is 35.5. The first-order chi connectivity index (χ1) is 16.8. The third-order valence-corrected chi connectivity index (χ3v) is 6.80. The van der Waals surface area contributed by atoms with Gasteiger partial charge in [0.25, 0.3) is 5.91 Å². The summed E-state index contributed by atoms with van der Waals surface area (Å²) in [5, 5.41) is 13.2. The van der Waals surface area contributed by atoms with Crippen LogP contribution in [0.5, 0.6) is 11.5 Å². The van der Waals surface area contributed by atoms with E-state index in [4.69, 9.17) is 32.7 Å². The number of esters is 1. The quantitative estimate of drug-likeness (QED) is 0.392. The highest BCUT2D eigenvalue weighted by Crippen LogP contribution is 2.42. The van der Waals surface area contributed by atoms with Crippen LogP contribution < -0.4 is 10.1 Å². The number of hydrogen-bond donors (Lipinski definition) is 2. The van der Waals surface area contributed by atoms with Gasteiger partial charge in [-0.1, -0.05) is 53.5 Å². The first-order valence-corrected chi connectivity index (χ1v) is 12.6. The van der Waals surface area contributed by atoms with E-state index in [9.17, 15) is 14.7 Å². The lowest BCUT2D eigenvalue weighted by atomic mass is 9.94. The number of piperidine rings is 1. The van der Waals surface area contributed by atoms with Gasteiger partial charge in [-0.2, -0.15) is 0 Å². The number of ether oxygens (including phenoxy) is 2. The molecule has 2 aromatic rings. The molecule has 0 spiro atoms. The smallest absolute Gasteiger partial charge is 0.328 e. The van der Waals surface area contributed by atoms with Crippen molar-refractivity contribution in [2.24, 2.45) is 5.92 Å². The number of likely N-dealkylation sites (tertiary alicyclic amines) is 1. The van der Waals surface area contributed by atoms with Crippen molar-refractivity contribution in [3.63, 3.8) is 0 Å². The Kier molecular flexibility index (Phi) is 12.1. The van der Waals surface area contributed by atoms with Gasteiger partial charge in [0.15, 0.2) is 11.5 Å². The molecule has 0 bridgehead atoms. The van der Waals surface area contributed by atoms with Gasteiger partial charge in [-0.3, -0.25) is 4.79 Å². The molecule has 1 saturated heterocycles. The van der Waals surface area contributed by atoms with Crippen LogP contribution in [-0.4, -0.2) is 61.3 Å². The fraction of sp³-hybridized carbons (Fsp3) is 0.462. The lowest BCUT2D eigenvalue weighted by molar-refractivity contribution is -0.145. The Morgan fingerprint density at radius 1 is 1.19 bits per heavy atom. The summed E-state index contributed by atoms with van der Waals surface area (Å²) in [6.45, 7) is 4.39. The zero-order valence-corrected chi connectivity index (χ0v) is 22.8. The van der Waals surface area contributed by atoms with Gasteiger partial charge in [0.05, 0.1) is 23.8 Å². The van der Waals surface area contributed by atoms with Crippen molar-refractivity contribution in [3.8, 4) is 11.5 Å². The number of phenolic OH excluding ortho intramolecular Hbond substituents is 1. The van der Waals surface area contributed by atoms with Crippen LogP contribution in [0.15, 0.2) is 36.4 Å². The minimum atomic E-state index is -0.952. The standard InChI is InChI=1S/C26H32Cl2N2O5.ClH/c1-3-34-26(33)21(15-18-7-5-4-6-8-18)29-25(32)19-16-20(27)24(22(28)23(19)31)35-14-11-17-9-12-30(2)13-10-17;/h4-8,16-17,21,31H,3,9-15H2,1-2H3,(H,29,32);1H/t21-;/m1./s1. The molecule has 2 N–H and O–H groups in total. The van der Waals surface area contributed by atoms with Crippen LogP contribution in [0, 0.1) is 5.92 Å². The zero-order chi connectivity index (χ0) is 25.4. The van der Waals surface area contributed by atoms with E-state index in [2.05, 4.69) is 17.3 Å². The van der Waals surface area contributed by atoms with Crippen LogP contribution in [-0.2, 0) is 16.0 Å². The van der Waals surface area contributed by atoms with Gasteiger partial charge < -0.3 is 24.8 Å². The van der Waals surface area contributed by atoms with E-state index >= 15 is 0 Å². The van der Waals surface area contributed by atoms with Crippen LogP contribution in [0.2, 0.25) is 10.0 Å². The molecule has 7 nitrogen and oxygen atoms in total. The molecule has 2 aromatic carbocycles. The predicted molar refractivity (Wildman–Crippen MR) is 144 cm³/mol. The lowest BCUT2D eigenvalue weighted by Crippen LogP contribution is -2.43. The molecule has 0 aliphatic carbocycles. The average Bonchev–Trinajstić information content (AvgIpc) is 2.85.